The number of nitrogen functional groups attached to an aromatic ring is 1. The number of carbonyl (C=O) groups excluding carboxylic acids is 1. The number of benzene rings is 1. The van der Waals surface area contributed by atoms with Crippen LogP contribution in [-0.4, -0.2) is 36.7 Å². The quantitative estimate of drug-likeness (QED) is 0.446. The normalized spacial score (nSPS) is 15.1. The minimum atomic E-state index is -0.355. The van der Waals surface area contributed by atoms with E-state index < -0.39 is 0 Å². The van der Waals surface area contributed by atoms with Gasteiger partial charge in [0, 0.05) is 30.7 Å². The molecule has 4 aromatic rings. The molecule has 9 heteroatoms. The topological polar surface area (TPSA) is 98.6 Å². The Kier molecular flexibility index (Phi) is 6.02. The van der Waals surface area contributed by atoms with E-state index in [1.165, 1.54) is 18.3 Å². The smallest absolute Gasteiger partial charge is 0.299 e. The van der Waals surface area contributed by atoms with Crippen LogP contribution in [0.2, 0.25) is 0 Å². The van der Waals surface area contributed by atoms with E-state index in [0.29, 0.717) is 35.0 Å². The zero-order chi connectivity index (χ0) is 24.4. The maximum Gasteiger partial charge on any atom is 0.299 e. The number of carbonyl (C=O) groups is 1. The van der Waals surface area contributed by atoms with Crippen LogP contribution in [0.1, 0.15) is 37.3 Å². The summed E-state index contributed by atoms with van der Waals surface area (Å²) >= 11 is 0. The van der Waals surface area contributed by atoms with Crippen LogP contribution < -0.4 is 10.5 Å². The van der Waals surface area contributed by atoms with Crippen molar-refractivity contribution >= 4 is 17.2 Å². The first-order valence-electron chi connectivity index (χ1n) is 11.2. The molecule has 3 aromatic heterocycles. The van der Waals surface area contributed by atoms with E-state index in [2.05, 4.69) is 21.8 Å². The van der Waals surface area contributed by atoms with Gasteiger partial charge < -0.3 is 15.4 Å². The van der Waals surface area contributed by atoms with Gasteiger partial charge in [0.2, 0.25) is 0 Å². The average Bonchev–Trinajstić information content (AvgIpc) is 3.49. The highest BCUT2D eigenvalue weighted by atomic mass is 19.1. The lowest BCUT2D eigenvalue weighted by Crippen LogP contribution is -2.30. The molecule has 4 heterocycles. The summed E-state index contributed by atoms with van der Waals surface area (Å²) in [7, 11) is 0. The Labute approximate surface area is 201 Å². The number of likely N-dealkylation sites (tertiary alicyclic amines) is 1. The summed E-state index contributed by atoms with van der Waals surface area (Å²) in [6.07, 6.45) is 6.51. The number of hydrogen-bond acceptors (Lipinski definition) is 6. The van der Waals surface area contributed by atoms with Crippen molar-refractivity contribution in [1.82, 2.24) is 24.3 Å². The molecule has 2 N–H and O–H groups in total. The largest absolute Gasteiger partial charge is 0.487 e. The molecule has 176 valence electrons. The van der Waals surface area contributed by atoms with Gasteiger partial charge in [-0.25, -0.2) is 14.4 Å². The predicted molar refractivity (Wildman–Crippen MR) is 129 cm³/mol. The van der Waals surface area contributed by atoms with Crippen molar-refractivity contribution in [2.24, 2.45) is 0 Å². The fourth-order valence-electron chi connectivity index (χ4n) is 4.37. The highest BCUT2D eigenvalue weighted by Crippen LogP contribution is 2.36. The molecule has 1 amide bonds. The number of amides is 1. The van der Waals surface area contributed by atoms with Crippen molar-refractivity contribution in [1.29, 1.82) is 0 Å². The van der Waals surface area contributed by atoms with Crippen molar-refractivity contribution < 1.29 is 13.9 Å². The van der Waals surface area contributed by atoms with Crippen LogP contribution in [-0.2, 0) is 11.4 Å². The summed E-state index contributed by atoms with van der Waals surface area (Å²) in [5.41, 5.74) is 8.95. The van der Waals surface area contributed by atoms with Crippen LogP contribution in [0.5, 0.6) is 5.75 Å². The molecule has 8 nitrogen and oxygen atoms in total. The number of hydrogen-bond donors (Lipinski definition) is 1. The van der Waals surface area contributed by atoms with Crippen LogP contribution in [0.25, 0.3) is 16.8 Å². The minimum Gasteiger partial charge on any atom is -0.487 e. The summed E-state index contributed by atoms with van der Waals surface area (Å²) in [6.45, 7) is 2.44. The Morgan fingerprint density at radius 1 is 1.23 bits per heavy atom. The standard InChI is InChI=1S/C26H23FN6O2/c1-2-4-22(34)32-13-3-5-21(32)26-31-23(24-25(28)30-12-14-33(24)26)17-6-8-20(9-7-17)35-16-19-15-18(27)10-11-29-19/h6-12,14-15,21H,3,5,13,16H2,1H3,(H2,28,30). The predicted octanol–water partition coefficient (Wildman–Crippen LogP) is 3.78. The summed E-state index contributed by atoms with van der Waals surface area (Å²) < 4.78 is 21.0. The first-order chi connectivity index (χ1) is 17.0. The molecule has 1 aromatic carbocycles. The number of ether oxygens (including phenoxy) is 1. The third kappa shape index (κ3) is 4.38. The van der Waals surface area contributed by atoms with Crippen LogP contribution in [0, 0.1) is 17.7 Å². The molecule has 1 aliphatic rings. The van der Waals surface area contributed by atoms with Gasteiger partial charge in [0.25, 0.3) is 5.91 Å². The molecule has 0 bridgehead atoms. The molecule has 0 aliphatic carbocycles. The second-order valence-corrected chi connectivity index (χ2v) is 8.16. The van der Waals surface area contributed by atoms with Gasteiger partial charge in [-0.2, -0.15) is 0 Å². The summed E-state index contributed by atoms with van der Waals surface area (Å²) in [4.78, 5) is 27.6. The minimum absolute atomic E-state index is 0.151. The van der Waals surface area contributed by atoms with E-state index in [4.69, 9.17) is 15.5 Å². The van der Waals surface area contributed by atoms with Crippen LogP contribution in [0.3, 0.4) is 0 Å². The number of nitrogens with two attached hydrogens (primary N) is 1. The van der Waals surface area contributed by atoms with Crippen molar-refractivity contribution in [2.75, 3.05) is 12.3 Å². The Bertz CT molecular complexity index is 1450. The number of aromatic nitrogens is 4. The Morgan fingerprint density at radius 2 is 2.06 bits per heavy atom. The Hall–Kier alpha value is -4.45. The first-order valence-corrected chi connectivity index (χ1v) is 11.2. The molecular formula is C26H23FN6O2. The monoisotopic (exact) mass is 470 g/mol. The van der Waals surface area contributed by atoms with Crippen LogP contribution in [0.4, 0.5) is 10.2 Å². The molecular weight excluding hydrogens is 447 g/mol. The fourth-order valence-corrected chi connectivity index (χ4v) is 4.37. The lowest BCUT2D eigenvalue weighted by Gasteiger charge is -2.21. The van der Waals surface area contributed by atoms with Gasteiger partial charge >= 0.3 is 0 Å². The van der Waals surface area contributed by atoms with Crippen LogP contribution in [0.15, 0.2) is 55.0 Å². The van der Waals surface area contributed by atoms with E-state index >= 15 is 0 Å². The molecule has 1 aliphatic heterocycles. The van der Waals surface area contributed by atoms with E-state index in [9.17, 15) is 9.18 Å². The number of imidazole rings is 1. The second kappa shape index (κ2) is 9.43. The summed E-state index contributed by atoms with van der Waals surface area (Å²) in [5.74, 6) is 6.46. The van der Waals surface area contributed by atoms with E-state index in [1.54, 1.807) is 18.0 Å². The van der Waals surface area contributed by atoms with Crippen molar-refractivity contribution in [2.45, 2.75) is 32.4 Å². The Morgan fingerprint density at radius 3 is 2.83 bits per heavy atom. The van der Waals surface area contributed by atoms with E-state index in [1.807, 2.05) is 34.9 Å². The molecule has 1 unspecified atom stereocenters. The van der Waals surface area contributed by atoms with Crippen molar-refractivity contribution in [3.8, 4) is 28.8 Å². The van der Waals surface area contributed by atoms with Gasteiger partial charge in [-0.1, -0.05) is 5.92 Å². The number of nitrogens with zero attached hydrogens (tertiary/aromatic N) is 5. The zero-order valence-electron chi connectivity index (χ0n) is 19.1. The summed E-state index contributed by atoms with van der Waals surface area (Å²) in [6, 6.07) is 9.82. The number of pyridine rings is 1. The molecule has 0 radical (unpaired) electrons. The highest BCUT2D eigenvalue weighted by molar-refractivity contribution is 5.94. The van der Waals surface area contributed by atoms with Gasteiger partial charge in [-0.05, 0) is 62.1 Å². The SMILES string of the molecule is CC#CC(=O)N1CCCC1c1nc(-c2ccc(OCc3cc(F)ccn3)cc2)c2c(N)nccn12. The van der Waals surface area contributed by atoms with Crippen molar-refractivity contribution in [3.05, 3.63) is 72.3 Å². The molecule has 1 saturated heterocycles. The van der Waals surface area contributed by atoms with Gasteiger partial charge in [0.15, 0.2) is 0 Å². The molecule has 1 atom stereocenters. The Balaban J connectivity index is 1.46. The van der Waals surface area contributed by atoms with Gasteiger partial charge in [0.1, 0.15) is 41.0 Å². The van der Waals surface area contributed by atoms with Crippen molar-refractivity contribution in [3.63, 3.8) is 0 Å². The maximum atomic E-state index is 13.4. The molecule has 5 rings (SSSR count). The number of anilines is 1. The highest BCUT2D eigenvalue weighted by Gasteiger charge is 2.33. The number of halogens is 1. The van der Waals surface area contributed by atoms with Gasteiger partial charge in [0.05, 0.1) is 11.7 Å². The average molecular weight is 471 g/mol. The zero-order valence-corrected chi connectivity index (χ0v) is 19.1. The fraction of sp³-hybridized carbons (Fsp3) is 0.231. The maximum absolute atomic E-state index is 13.4. The van der Waals surface area contributed by atoms with E-state index in [-0.39, 0.29) is 24.4 Å². The molecule has 0 saturated carbocycles. The van der Waals surface area contributed by atoms with E-state index in [0.717, 1.165) is 24.2 Å². The first kappa shape index (κ1) is 22.3. The molecule has 0 spiro atoms. The lowest BCUT2D eigenvalue weighted by molar-refractivity contribution is -0.126. The lowest BCUT2D eigenvalue weighted by atomic mass is 10.1. The molecule has 35 heavy (non-hydrogen) atoms. The summed E-state index contributed by atoms with van der Waals surface area (Å²) in [5, 5.41) is 0. The third-order valence-corrected chi connectivity index (χ3v) is 5.95. The van der Waals surface area contributed by atoms with Gasteiger partial charge in [-0.15, -0.1) is 0 Å². The number of fused-ring (bicyclic) bond motifs is 1. The molecule has 1 fully saturated rings. The second-order valence-electron chi connectivity index (χ2n) is 8.16. The third-order valence-electron chi connectivity index (χ3n) is 5.95. The number of rotatable bonds is 5. The van der Waals surface area contributed by atoms with Gasteiger partial charge in [-0.3, -0.25) is 14.2 Å². The van der Waals surface area contributed by atoms with Crippen LogP contribution >= 0.6 is 0 Å².